The quantitative estimate of drug-likeness (QED) is 0.777. The second kappa shape index (κ2) is 6.41. The summed E-state index contributed by atoms with van der Waals surface area (Å²) in [7, 11) is 0. The van der Waals surface area contributed by atoms with Crippen molar-refractivity contribution in [3.05, 3.63) is 0 Å². The average molecular weight is 313 g/mol. The van der Waals surface area contributed by atoms with E-state index in [2.05, 4.69) is 51.3 Å². The Labute approximate surface area is 136 Å². The zero-order valence-corrected chi connectivity index (χ0v) is 15.7. The van der Waals surface area contributed by atoms with E-state index in [1.54, 1.807) is 0 Å². The molecule has 1 aliphatic carbocycles. The summed E-state index contributed by atoms with van der Waals surface area (Å²) in [6.07, 6.45) is 6.69. The van der Waals surface area contributed by atoms with Crippen molar-refractivity contribution in [2.24, 2.45) is 17.1 Å². The molecule has 2 nitrogen and oxygen atoms in total. The monoisotopic (exact) mass is 312 g/mol. The molecule has 21 heavy (non-hydrogen) atoms. The van der Waals surface area contributed by atoms with Crippen molar-refractivity contribution < 1.29 is 0 Å². The fourth-order valence-electron chi connectivity index (χ4n) is 4.33. The minimum absolute atomic E-state index is 0.276. The number of nitrogens with zero attached hydrogens (tertiary/aromatic N) is 1. The van der Waals surface area contributed by atoms with Crippen LogP contribution in [-0.4, -0.2) is 40.6 Å². The lowest BCUT2D eigenvalue weighted by Crippen LogP contribution is -2.59. The Morgan fingerprint density at radius 3 is 2.48 bits per heavy atom. The van der Waals surface area contributed by atoms with Gasteiger partial charge in [-0.25, -0.2) is 0 Å². The third kappa shape index (κ3) is 4.17. The molecule has 0 radical (unpaired) electrons. The lowest BCUT2D eigenvalue weighted by atomic mass is 9.76. The molecular formula is C18H36N2S. The number of nitrogens with two attached hydrogens (primary N) is 1. The van der Waals surface area contributed by atoms with Crippen molar-refractivity contribution in [1.82, 2.24) is 4.90 Å². The van der Waals surface area contributed by atoms with Crippen LogP contribution < -0.4 is 5.73 Å². The second-order valence-corrected chi connectivity index (χ2v) is 10.8. The van der Waals surface area contributed by atoms with Crippen LogP contribution in [0.1, 0.15) is 66.7 Å². The van der Waals surface area contributed by atoms with Gasteiger partial charge in [0.1, 0.15) is 0 Å². The number of hydrogen-bond donors (Lipinski definition) is 1. The average Bonchev–Trinajstić information content (AvgIpc) is 2.60. The van der Waals surface area contributed by atoms with E-state index in [9.17, 15) is 0 Å². The lowest BCUT2D eigenvalue weighted by molar-refractivity contribution is 0.0696. The third-order valence-electron chi connectivity index (χ3n) is 5.85. The Hall–Kier alpha value is 0.270. The van der Waals surface area contributed by atoms with Gasteiger partial charge in [-0.3, -0.25) is 4.90 Å². The zero-order valence-electron chi connectivity index (χ0n) is 14.9. The zero-order chi connectivity index (χ0) is 15.7. The van der Waals surface area contributed by atoms with E-state index in [-0.39, 0.29) is 5.54 Å². The maximum atomic E-state index is 6.33. The van der Waals surface area contributed by atoms with Gasteiger partial charge in [-0.05, 0) is 50.9 Å². The highest BCUT2D eigenvalue weighted by atomic mass is 32.2. The first kappa shape index (κ1) is 17.6. The molecule has 124 valence electrons. The molecule has 2 rings (SSSR count). The predicted octanol–water partition coefficient (Wildman–Crippen LogP) is 4.14. The van der Waals surface area contributed by atoms with Crippen LogP contribution in [0.25, 0.3) is 0 Å². The van der Waals surface area contributed by atoms with Crippen LogP contribution in [0.3, 0.4) is 0 Å². The molecule has 0 amide bonds. The summed E-state index contributed by atoms with van der Waals surface area (Å²) in [6.45, 7) is 15.3. The molecule has 2 unspecified atom stereocenters. The molecule has 0 aromatic heterocycles. The molecule has 3 heteroatoms. The fourth-order valence-corrected chi connectivity index (χ4v) is 5.44. The maximum Gasteiger partial charge on any atom is 0.0332 e. The summed E-state index contributed by atoms with van der Waals surface area (Å²) in [4.78, 5) is 2.76. The molecule has 0 bridgehead atoms. The van der Waals surface area contributed by atoms with Gasteiger partial charge < -0.3 is 5.73 Å². The fraction of sp³-hybridized carbons (Fsp3) is 1.00. The highest BCUT2D eigenvalue weighted by Crippen LogP contribution is 2.43. The largest absolute Gasteiger partial charge is 0.329 e. The van der Waals surface area contributed by atoms with E-state index in [1.807, 2.05) is 0 Å². The van der Waals surface area contributed by atoms with Gasteiger partial charge in [-0.1, -0.05) is 27.2 Å². The molecule has 1 saturated carbocycles. The first-order valence-corrected chi connectivity index (χ1v) is 9.76. The Balaban J connectivity index is 2.11. The predicted molar refractivity (Wildman–Crippen MR) is 95.9 cm³/mol. The van der Waals surface area contributed by atoms with E-state index < -0.39 is 0 Å². The van der Waals surface area contributed by atoms with Crippen LogP contribution >= 0.6 is 11.8 Å². The molecule has 2 aliphatic rings. The van der Waals surface area contributed by atoms with Crippen LogP contribution in [0.2, 0.25) is 0 Å². The summed E-state index contributed by atoms with van der Waals surface area (Å²) in [5, 5.41) is 0. The lowest BCUT2D eigenvalue weighted by Gasteiger charge is -2.49. The molecule has 0 aromatic carbocycles. The Kier molecular flexibility index (Phi) is 5.38. The summed E-state index contributed by atoms with van der Waals surface area (Å²) in [5.41, 5.74) is 7.06. The van der Waals surface area contributed by atoms with Crippen molar-refractivity contribution >= 4 is 11.8 Å². The summed E-state index contributed by atoms with van der Waals surface area (Å²) in [6, 6.07) is 0. The topological polar surface area (TPSA) is 29.3 Å². The highest BCUT2D eigenvalue weighted by Gasteiger charge is 2.42. The van der Waals surface area contributed by atoms with Gasteiger partial charge in [0.25, 0.3) is 0 Å². The molecule has 2 atom stereocenters. The number of hydrogen-bond acceptors (Lipinski definition) is 3. The van der Waals surface area contributed by atoms with Gasteiger partial charge in [-0.2, -0.15) is 11.8 Å². The minimum Gasteiger partial charge on any atom is -0.329 e. The Morgan fingerprint density at radius 2 is 1.90 bits per heavy atom. The molecule has 0 spiro atoms. The first-order chi connectivity index (χ1) is 9.69. The van der Waals surface area contributed by atoms with Gasteiger partial charge in [-0.15, -0.1) is 0 Å². The first-order valence-electron chi connectivity index (χ1n) is 8.78. The molecule has 1 saturated heterocycles. The van der Waals surface area contributed by atoms with Crippen molar-refractivity contribution in [2.75, 3.05) is 25.4 Å². The number of thioether (sulfide) groups is 1. The third-order valence-corrected chi connectivity index (χ3v) is 7.15. The van der Waals surface area contributed by atoms with Crippen molar-refractivity contribution in [3.63, 3.8) is 0 Å². The van der Waals surface area contributed by atoms with Crippen LogP contribution in [-0.2, 0) is 0 Å². The maximum absolute atomic E-state index is 6.33. The van der Waals surface area contributed by atoms with E-state index >= 15 is 0 Å². The smallest absolute Gasteiger partial charge is 0.0332 e. The van der Waals surface area contributed by atoms with Crippen molar-refractivity contribution in [3.8, 4) is 0 Å². The standard InChI is InChI=1S/C18H36N2S/c1-16(2,3)15-7-6-9-18(13-19,10-8-15)20-11-12-21-17(4,5)14-20/h15H,6-14,19H2,1-5H3. The van der Waals surface area contributed by atoms with Crippen LogP contribution in [0.4, 0.5) is 0 Å². The molecule has 1 heterocycles. The van der Waals surface area contributed by atoms with E-state index in [0.717, 1.165) is 12.5 Å². The van der Waals surface area contributed by atoms with Crippen LogP contribution in [0.15, 0.2) is 0 Å². The van der Waals surface area contributed by atoms with Crippen LogP contribution in [0.5, 0.6) is 0 Å². The Morgan fingerprint density at radius 1 is 1.19 bits per heavy atom. The highest BCUT2D eigenvalue weighted by molar-refractivity contribution is 8.00. The van der Waals surface area contributed by atoms with Crippen molar-refractivity contribution in [1.29, 1.82) is 0 Å². The van der Waals surface area contributed by atoms with Gasteiger partial charge in [0.2, 0.25) is 0 Å². The molecule has 0 aromatic rings. The second-order valence-electron chi connectivity index (χ2n) is 8.95. The van der Waals surface area contributed by atoms with Gasteiger partial charge >= 0.3 is 0 Å². The normalized spacial score (nSPS) is 35.4. The van der Waals surface area contributed by atoms with Crippen LogP contribution in [0, 0.1) is 11.3 Å². The summed E-state index contributed by atoms with van der Waals surface area (Å²) < 4.78 is 0.385. The minimum atomic E-state index is 0.276. The molecule has 1 aliphatic heterocycles. The van der Waals surface area contributed by atoms with E-state index in [1.165, 1.54) is 50.9 Å². The van der Waals surface area contributed by atoms with E-state index in [4.69, 9.17) is 5.73 Å². The van der Waals surface area contributed by atoms with Gasteiger partial charge in [0.05, 0.1) is 0 Å². The number of rotatable bonds is 2. The molecular weight excluding hydrogens is 276 g/mol. The Bertz CT molecular complexity index is 348. The van der Waals surface area contributed by atoms with Gasteiger partial charge in [0.15, 0.2) is 0 Å². The summed E-state index contributed by atoms with van der Waals surface area (Å²) in [5.74, 6) is 2.12. The SMILES string of the molecule is CC1(C)CN(C2(CN)CCCC(C(C)(C)C)CC2)CCS1. The van der Waals surface area contributed by atoms with Crippen molar-refractivity contribution in [2.45, 2.75) is 77.0 Å². The van der Waals surface area contributed by atoms with Gasteiger partial charge in [0, 0.05) is 35.7 Å². The molecule has 2 N–H and O–H groups in total. The summed E-state index contributed by atoms with van der Waals surface area (Å²) >= 11 is 2.12. The van der Waals surface area contributed by atoms with E-state index in [0.29, 0.717) is 10.2 Å². The molecule has 2 fully saturated rings.